The molecule has 3 fully saturated rings. The Morgan fingerprint density at radius 1 is 0.969 bits per heavy atom. The quantitative estimate of drug-likeness (QED) is 0.575. The second kappa shape index (κ2) is 10.2. The number of halogens is 2. The Hall–Kier alpha value is -0.830. The molecular formula is C24H29Cl2N3O2S. The molecule has 0 aromatic heterocycles. The van der Waals surface area contributed by atoms with Crippen molar-refractivity contribution >= 4 is 35.0 Å². The molecule has 3 aliphatic heterocycles. The zero-order valence-electron chi connectivity index (χ0n) is 18.0. The van der Waals surface area contributed by atoms with Crippen molar-refractivity contribution in [3.63, 3.8) is 0 Å². The molecule has 3 saturated heterocycles. The molecule has 0 spiro atoms. The van der Waals surface area contributed by atoms with Gasteiger partial charge in [-0.25, -0.2) is 4.90 Å². The first kappa shape index (κ1) is 22.9. The van der Waals surface area contributed by atoms with Crippen molar-refractivity contribution < 1.29 is 9.47 Å². The normalized spacial score (nSPS) is 28.8. The molecule has 0 saturated carbocycles. The molecule has 0 radical (unpaired) electrons. The molecule has 0 unspecified atom stereocenters. The van der Waals surface area contributed by atoms with Crippen LogP contribution in [0.5, 0.6) is 0 Å². The Morgan fingerprint density at radius 3 is 2.31 bits per heavy atom. The molecule has 0 bridgehead atoms. The van der Waals surface area contributed by atoms with Gasteiger partial charge in [0, 0.05) is 48.5 Å². The minimum atomic E-state index is -0.0935. The van der Waals surface area contributed by atoms with Crippen LogP contribution in [0.15, 0.2) is 48.5 Å². The standard InChI is InChI=1S/C24H29Cl2N3O2S/c25-20-5-1-18(2-6-20)22-29-23(19-3-7-21(26)8-4-19)32-17-24(29,16-31-22)15-27-9-10-28-11-13-30-14-12-28/h1-8,22-23,27H,9-17H2/t22-,23-,24+/m1/s1. The van der Waals surface area contributed by atoms with Gasteiger partial charge in [0.2, 0.25) is 0 Å². The molecule has 5 rings (SSSR count). The first-order valence-corrected chi connectivity index (χ1v) is 13.0. The summed E-state index contributed by atoms with van der Waals surface area (Å²) in [6.07, 6.45) is -0.0935. The number of rotatable bonds is 7. The molecule has 2 aromatic carbocycles. The van der Waals surface area contributed by atoms with Crippen molar-refractivity contribution in [1.82, 2.24) is 15.1 Å². The third kappa shape index (κ3) is 4.84. The zero-order valence-corrected chi connectivity index (χ0v) is 20.3. The lowest BCUT2D eigenvalue weighted by Gasteiger charge is -2.36. The van der Waals surface area contributed by atoms with Gasteiger partial charge in [-0.05, 0) is 35.4 Å². The van der Waals surface area contributed by atoms with Crippen LogP contribution in [0.3, 0.4) is 0 Å². The summed E-state index contributed by atoms with van der Waals surface area (Å²) in [6, 6.07) is 16.3. The van der Waals surface area contributed by atoms with Crippen molar-refractivity contribution in [1.29, 1.82) is 0 Å². The predicted molar refractivity (Wildman–Crippen MR) is 131 cm³/mol. The van der Waals surface area contributed by atoms with E-state index < -0.39 is 0 Å². The number of thioether (sulfide) groups is 1. The highest BCUT2D eigenvalue weighted by molar-refractivity contribution is 7.99. The summed E-state index contributed by atoms with van der Waals surface area (Å²) in [4.78, 5) is 5.03. The van der Waals surface area contributed by atoms with Crippen LogP contribution in [-0.2, 0) is 9.47 Å². The highest BCUT2D eigenvalue weighted by Crippen LogP contribution is 2.54. The molecule has 8 heteroatoms. The van der Waals surface area contributed by atoms with Crippen LogP contribution in [0, 0.1) is 0 Å². The fraction of sp³-hybridized carbons (Fsp3) is 0.500. The number of hydrogen-bond donors (Lipinski definition) is 1. The van der Waals surface area contributed by atoms with Gasteiger partial charge in [0.1, 0.15) is 6.23 Å². The van der Waals surface area contributed by atoms with E-state index in [4.69, 9.17) is 32.7 Å². The number of nitrogens with zero attached hydrogens (tertiary/aromatic N) is 2. The Balaban J connectivity index is 1.33. The van der Waals surface area contributed by atoms with Gasteiger partial charge < -0.3 is 14.8 Å². The van der Waals surface area contributed by atoms with E-state index in [0.29, 0.717) is 6.61 Å². The van der Waals surface area contributed by atoms with Gasteiger partial charge in [0.05, 0.1) is 30.7 Å². The Kier molecular flexibility index (Phi) is 7.31. The van der Waals surface area contributed by atoms with Gasteiger partial charge in [-0.2, -0.15) is 0 Å². The van der Waals surface area contributed by atoms with Crippen molar-refractivity contribution in [3.05, 3.63) is 69.7 Å². The second-order valence-corrected chi connectivity index (χ2v) is 10.6. The molecule has 3 aliphatic rings. The zero-order chi connectivity index (χ0) is 22.0. The van der Waals surface area contributed by atoms with Gasteiger partial charge in [-0.1, -0.05) is 47.5 Å². The van der Waals surface area contributed by atoms with E-state index in [0.717, 1.165) is 67.3 Å². The molecular weight excluding hydrogens is 465 g/mol. The van der Waals surface area contributed by atoms with E-state index in [2.05, 4.69) is 39.4 Å². The largest absolute Gasteiger partial charge is 0.379 e. The summed E-state index contributed by atoms with van der Waals surface area (Å²) in [7, 11) is 0. The molecule has 3 atom stereocenters. The second-order valence-electron chi connectivity index (χ2n) is 8.69. The van der Waals surface area contributed by atoms with Crippen molar-refractivity contribution in [2.45, 2.75) is 17.1 Å². The third-order valence-corrected chi connectivity index (χ3v) is 8.57. The number of nitrogens with one attached hydrogen (secondary N) is 1. The van der Waals surface area contributed by atoms with Crippen molar-refractivity contribution in [3.8, 4) is 0 Å². The van der Waals surface area contributed by atoms with E-state index in [1.807, 2.05) is 36.0 Å². The van der Waals surface area contributed by atoms with Gasteiger partial charge >= 0.3 is 0 Å². The summed E-state index contributed by atoms with van der Waals surface area (Å²) in [5.41, 5.74) is 2.36. The van der Waals surface area contributed by atoms with Crippen LogP contribution in [0.25, 0.3) is 0 Å². The summed E-state index contributed by atoms with van der Waals surface area (Å²) in [5.74, 6) is 1.02. The van der Waals surface area contributed by atoms with Gasteiger partial charge in [-0.3, -0.25) is 4.90 Å². The fourth-order valence-corrected chi connectivity index (χ4v) is 6.68. The van der Waals surface area contributed by atoms with E-state index >= 15 is 0 Å². The maximum absolute atomic E-state index is 6.45. The van der Waals surface area contributed by atoms with Crippen molar-refractivity contribution in [2.24, 2.45) is 0 Å². The molecule has 172 valence electrons. The van der Waals surface area contributed by atoms with Gasteiger partial charge in [-0.15, -0.1) is 11.8 Å². The van der Waals surface area contributed by atoms with E-state index in [1.165, 1.54) is 5.56 Å². The number of morpholine rings is 1. The average Bonchev–Trinajstić information content (AvgIpc) is 3.36. The predicted octanol–water partition coefficient (Wildman–Crippen LogP) is 4.43. The van der Waals surface area contributed by atoms with Crippen LogP contribution in [0.2, 0.25) is 10.0 Å². The molecule has 3 heterocycles. The highest BCUT2D eigenvalue weighted by Gasteiger charge is 2.55. The van der Waals surface area contributed by atoms with Crippen LogP contribution in [-0.4, -0.2) is 73.6 Å². The molecule has 0 amide bonds. The number of hydrogen-bond acceptors (Lipinski definition) is 6. The summed E-state index contributed by atoms with van der Waals surface area (Å²) >= 11 is 14.3. The van der Waals surface area contributed by atoms with Crippen LogP contribution >= 0.6 is 35.0 Å². The van der Waals surface area contributed by atoms with Crippen LogP contribution in [0.4, 0.5) is 0 Å². The maximum Gasteiger partial charge on any atom is 0.138 e. The lowest BCUT2D eigenvalue weighted by atomic mass is 9.99. The number of fused-ring (bicyclic) bond motifs is 1. The Labute approximate surface area is 204 Å². The van der Waals surface area contributed by atoms with Crippen LogP contribution < -0.4 is 5.32 Å². The average molecular weight is 494 g/mol. The van der Waals surface area contributed by atoms with E-state index in [-0.39, 0.29) is 17.1 Å². The van der Waals surface area contributed by atoms with E-state index in [9.17, 15) is 0 Å². The highest BCUT2D eigenvalue weighted by atomic mass is 35.5. The first-order valence-electron chi connectivity index (χ1n) is 11.2. The molecule has 2 aromatic rings. The smallest absolute Gasteiger partial charge is 0.138 e. The lowest BCUT2D eigenvalue weighted by molar-refractivity contribution is 0.0181. The number of ether oxygens (including phenoxy) is 2. The number of benzene rings is 2. The summed E-state index contributed by atoms with van der Waals surface area (Å²) < 4.78 is 11.9. The monoisotopic (exact) mass is 493 g/mol. The van der Waals surface area contributed by atoms with E-state index in [1.54, 1.807) is 0 Å². The van der Waals surface area contributed by atoms with Crippen LogP contribution in [0.1, 0.15) is 22.7 Å². The maximum atomic E-state index is 6.45. The first-order chi connectivity index (χ1) is 15.6. The SMILES string of the molecule is Clc1ccc([C@H]2OC[C@@]3(CNCCN4CCOCC4)CS[C@H](c4ccc(Cl)cc4)N23)cc1. The molecule has 0 aliphatic carbocycles. The minimum Gasteiger partial charge on any atom is -0.379 e. The molecule has 32 heavy (non-hydrogen) atoms. The Morgan fingerprint density at radius 2 is 1.62 bits per heavy atom. The van der Waals surface area contributed by atoms with Gasteiger partial charge in [0.25, 0.3) is 0 Å². The fourth-order valence-electron chi connectivity index (χ4n) is 4.78. The van der Waals surface area contributed by atoms with Gasteiger partial charge in [0.15, 0.2) is 0 Å². The minimum absolute atomic E-state index is 0.0513. The summed E-state index contributed by atoms with van der Waals surface area (Å²) in [5, 5.41) is 5.47. The molecule has 1 N–H and O–H groups in total. The van der Waals surface area contributed by atoms with Crippen molar-refractivity contribution in [2.75, 3.05) is 58.3 Å². The third-order valence-electron chi connectivity index (χ3n) is 6.55. The lowest BCUT2D eigenvalue weighted by Crippen LogP contribution is -2.53. The topological polar surface area (TPSA) is 37.0 Å². The molecule has 5 nitrogen and oxygen atoms in total. The summed E-state index contributed by atoms with van der Waals surface area (Å²) in [6.45, 7) is 7.36. The Bertz CT molecular complexity index is 836.